The molecule has 0 unspecified atom stereocenters. The van der Waals surface area contributed by atoms with E-state index in [1.54, 1.807) is 12.1 Å². The van der Waals surface area contributed by atoms with Gasteiger partial charge in [-0.2, -0.15) is 19.9 Å². The van der Waals surface area contributed by atoms with Crippen molar-refractivity contribution in [2.75, 3.05) is 31.9 Å². The number of hydrogen-bond donors (Lipinski definition) is 6. The minimum absolute atomic E-state index is 0. The maximum atomic E-state index is 12.9. The number of benzene rings is 10. The van der Waals surface area contributed by atoms with E-state index in [1.807, 2.05) is 170 Å². The molecule has 392 valence electrons. The molecular formula is C62H44N10Na2O6S2. The first-order valence-corrected chi connectivity index (χ1v) is 27.8. The van der Waals surface area contributed by atoms with Crippen LogP contribution in [0, 0.1) is 0 Å². The summed E-state index contributed by atoms with van der Waals surface area (Å²) in [5.74, 6) is 1.73. The predicted octanol–water partition coefficient (Wildman–Crippen LogP) is 8.33. The van der Waals surface area contributed by atoms with Crippen LogP contribution in [0.3, 0.4) is 0 Å². The summed E-state index contributed by atoms with van der Waals surface area (Å²) >= 11 is 0. The van der Waals surface area contributed by atoms with Gasteiger partial charge in [0.1, 0.15) is 43.5 Å². The number of rotatable bonds is 16. The van der Waals surface area contributed by atoms with E-state index in [1.165, 1.54) is 36.4 Å². The molecule has 12 rings (SSSR count). The van der Waals surface area contributed by atoms with Crippen molar-refractivity contribution in [2.24, 2.45) is 0 Å². The van der Waals surface area contributed by atoms with Crippen molar-refractivity contribution >= 4 is 145 Å². The molecule has 0 aliphatic carbocycles. The molecule has 0 radical (unpaired) electrons. The standard InChI is InChI=1S/C62H46N10O6S2.2Na/c73-79(74,75)55-35-53(65-59-37-57(63-49-25-19-39-9-1-5-13-45(39)31-49)69-61(71-59)67-51-27-21-41-11-3-7-15-47(41)33-51)29-23-43(55)17-18-44-24-30-54(36-56(44)80(76,77)78)66-60-38-58(64-50-26-20-40-10-2-6-14-46(40)32-50)70-62(72-60)68-52-28-22-42-12-4-8-16-48(42)34-52;;/h1-38H,(H,73,74,75)(H,76,77,78)(H3,63,65,67,69,71)(H3,64,66,68,70,72);;/q;2*+1/p-2. The normalized spacial score (nSPS) is 11.5. The molecule has 0 atom stereocenters. The fourth-order valence-electron chi connectivity index (χ4n) is 9.29. The minimum atomic E-state index is -5.14. The van der Waals surface area contributed by atoms with Gasteiger partial charge in [-0.05, 0) is 127 Å². The molecular weight excluding hydrogens is 1090 g/mol. The average Bonchev–Trinajstić information content (AvgIpc) is 3.46. The molecule has 12 aromatic rings. The molecule has 16 nitrogen and oxygen atoms in total. The first kappa shape index (κ1) is 57.0. The van der Waals surface area contributed by atoms with Crippen LogP contribution in [0.4, 0.5) is 69.3 Å². The Labute approximate surface area is 516 Å². The van der Waals surface area contributed by atoms with Gasteiger partial charge in [0.05, 0.1) is 9.79 Å². The van der Waals surface area contributed by atoms with Gasteiger partial charge in [-0.1, -0.05) is 146 Å². The number of anilines is 12. The average molecular weight is 1140 g/mol. The molecule has 6 N–H and O–H groups in total. The van der Waals surface area contributed by atoms with Crippen LogP contribution in [0.1, 0.15) is 11.1 Å². The van der Waals surface area contributed by atoms with Crippen LogP contribution >= 0.6 is 0 Å². The van der Waals surface area contributed by atoms with Gasteiger partial charge in [-0.25, -0.2) is 16.8 Å². The number of fused-ring (bicyclic) bond motifs is 4. The third-order valence-corrected chi connectivity index (χ3v) is 14.8. The number of hydrogen-bond acceptors (Lipinski definition) is 16. The van der Waals surface area contributed by atoms with E-state index in [0.29, 0.717) is 11.6 Å². The van der Waals surface area contributed by atoms with E-state index in [-0.39, 0.29) is 105 Å². The van der Waals surface area contributed by atoms with E-state index in [9.17, 15) is 25.9 Å². The van der Waals surface area contributed by atoms with Crippen molar-refractivity contribution in [1.29, 1.82) is 0 Å². The molecule has 0 amide bonds. The van der Waals surface area contributed by atoms with Gasteiger partial charge >= 0.3 is 59.1 Å². The van der Waals surface area contributed by atoms with Gasteiger partial charge in [0.25, 0.3) is 0 Å². The molecule has 2 aromatic heterocycles. The second-order valence-electron chi connectivity index (χ2n) is 18.7. The van der Waals surface area contributed by atoms with Crippen LogP contribution in [0.5, 0.6) is 0 Å². The largest absolute Gasteiger partial charge is 1.00 e. The van der Waals surface area contributed by atoms with Crippen LogP contribution in [-0.4, -0.2) is 45.9 Å². The second kappa shape index (κ2) is 24.5. The van der Waals surface area contributed by atoms with Crippen LogP contribution in [0.15, 0.2) is 228 Å². The maximum absolute atomic E-state index is 12.9. The van der Waals surface area contributed by atoms with Crippen molar-refractivity contribution in [3.8, 4) is 0 Å². The molecule has 0 aliphatic heterocycles. The number of nitrogens with one attached hydrogen (secondary N) is 6. The van der Waals surface area contributed by atoms with Gasteiger partial charge in [-0.15, -0.1) is 0 Å². The molecule has 0 fully saturated rings. The van der Waals surface area contributed by atoms with Gasteiger partial charge in [0.15, 0.2) is 0 Å². The molecule has 0 bridgehead atoms. The van der Waals surface area contributed by atoms with Crippen molar-refractivity contribution in [2.45, 2.75) is 9.79 Å². The Morgan fingerprint density at radius 3 is 0.817 bits per heavy atom. The Balaban J connectivity index is 0.00000376. The monoisotopic (exact) mass is 1130 g/mol. The molecule has 82 heavy (non-hydrogen) atoms. The zero-order chi connectivity index (χ0) is 54.8. The Bertz CT molecular complexity index is 4180. The quantitative estimate of drug-likeness (QED) is 0.0303. The summed E-state index contributed by atoms with van der Waals surface area (Å²) in [5, 5.41) is 27.8. The summed E-state index contributed by atoms with van der Waals surface area (Å²) in [7, 11) is -10.3. The van der Waals surface area contributed by atoms with Gasteiger partial charge < -0.3 is 41.0 Å². The summed E-state index contributed by atoms with van der Waals surface area (Å²) in [4.78, 5) is 17.6. The SMILES string of the molecule is O=S(=O)([O-])c1cc(Nc2cc(Nc3ccc4ccccc4c3)nc(Nc3ccc4ccccc4c3)n2)ccc1C=Cc1ccc(Nc2cc(Nc3ccc4ccccc4c3)nc(Nc3ccc4ccccc4c3)n2)cc1S(=O)(=O)[O-].[Na+].[Na+]. The van der Waals surface area contributed by atoms with Gasteiger partial charge in [0.2, 0.25) is 11.9 Å². The van der Waals surface area contributed by atoms with Crippen molar-refractivity contribution in [1.82, 2.24) is 19.9 Å². The van der Waals surface area contributed by atoms with E-state index in [0.717, 1.165) is 78.0 Å². The van der Waals surface area contributed by atoms with E-state index < -0.39 is 30.0 Å². The first-order valence-electron chi connectivity index (χ1n) is 25.0. The molecule has 10 aromatic carbocycles. The first-order chi connectivity index (χ1) is 38.8. The fourth-order valence-corrected chi connectivity index (χ4v) is 10.7. The van der Waals surface area contributed by atoms with E-state index in [4.69, 9.17) is 19.9 Å². The smallest absolute Gasteiger partial charge is 0.744 e. The summed E-state index contributed by atoms with van der Waals surface area (Å²) in [6.45, 7) is 0. The maximum Gasteiger partial charge on any atom is 1.00 e. The van der Waals surface area contributed by atoms with Crippen LogP contribution in [-0.2, 0) is 20.2 Å². The third kappa shape index (κ3) is 13.6. The van der Waals surface area contributed by atoms with Crippen molar-refractivity contribution in [3.63, 3.8) is 0 Å². The number of aromatic nitrogens is 4. The molecule has 0 spiro atoms. The summed E-state index contributed by atoms with van der Waals surface area (Å²) in [6.07, 6.45) is 2.51. The molecule has 0 saturated heterocycles. The topological polar surface area (TPSA) is 238 Å². The Morgan fingerprint density at radius 1 is 0.293 bits per heavy atom. The van der Waals surface area contributed by atoms with Crippen LogP contribution in [0.25, 0.3) is 55.2 Å². The van der Waals surface area contributed by atoms with Gasteiger partial charge in [-0.3, -0.25) is 0 Å². The Morgan fingerprint density at radius 2 is 0.537 bits per heavy atom. The summed E-state index contributed by atoms with van der Waals surface area (Å²) in [5.41, 5.74) is 3.20. The zero-order valence-corrected chi connectivity index (χ0v) is 49.6. The Hall–Kier alpha value is -8.24. The molecule has 0 aliphatic rings. The zero-order valence-electron chi connectivity index (χ0n) is 44.0. The molecule has 20 heteroatoms. The third-order valence-electron chi connectivity index (χ3n) is 13.1. The van der Waals surface area contributed by atoms with Crippen LogP contribution < -0.4 is 91.0 Å². The Kier molecular flexibility index (Phi) is 17.0. The molecule has 0 saturated carbocycles. The van der Waals surface area contributed by atoms with Crippen LogP contribution in [0.2, 0.25) is 0 Å². The van der Waals surface area contributed by atoms with E-state index in [2.05, 4.69) is 31.9 Å². The number of nitrogens with zero attached hydrogens (tertiary/aromatic N) is 4. The van der Waals surface area contributed by atoms with Crippen molar-refractivity contribution in [3.05, 3.63) is 230 Å². The van der Waals surface area contributed by atoms with Crippen molar-refractivity contribution < 1.29 is 85.1 Å². The van der Waals surface area contributed by atoms with E-state index >= 15 is 0 Å². The summed E-state index contributed by atoms with van der Waals surface area (Å²) in [6, 6.07) is 66.7. The minimum Gasteiger partial charge on any atom is -0.744 e. The summed E-state index contributed by atoms with van der Waals surface area (Å²) < 4.78 is 77.6. The van der Waals surface area contributed by atoms with Gasteiger partial charge in [0, 0.05) is 46.3 Å². The molecule has 2 heterocycles. The second-order valence-corrected chi connectivity index (χ2v) is 21.4. The fraction of sp³-hybridized carbons (Fsp3) is 0. The predicted molar refractivity (Wildman–Crippen MR) is 317 cm³/mol.